The molecule has 0 unspecified atom stereocenters. The highest BCUT2D eigenvalue weighted by Gasteiger charge is 2.23. The maximum Gasteiger partial charge on any atom is 0.289 e. The van der Waals surface area contributed by atoms with Crippen LogP contribution in [0.15, 0.2) is 47.1 Å². The maximum atomic E-state index is 12.9. The second kappa shape index (κ2) is 9.32. The van der Waals surface area contributed by atoms with Crippen LogP contribution in [0, 0.1) is 5.82 Å². The second-order valence-electron chi connectivity index (χ2n) is 6.59. The average molecular weight is 373 g/mol. The van der Waals surface area contributed by atoms with E-state index in [1.165, 1.54) is 18.4 Å². The van der Waals surface area contributed by atoms with Crippen molar-refractivity contribution in [2.24, 2.45) is 0 Å². The fourth-order valence-corrected chi connectivity index (χ4v) is 3.08. The summed E-state index contributed by atoms with van der Waals surface area (Å²) >= 11 is 0. The highest BCUT2D eigenvalue weighted by atomic mass is 19.1. The molecule has 3 rings (SSSR count). The molecule has 27 heavy (non-hydrogen) atoms. The lowest BCUT2D eigenvalue weighted by atomic mass is 10.1. The number of hydrogen-bond acceptors (Lipinski definition) is 4. The van der Waals surface area contributed by atoms with Crippen LogP contribution in [-0.4, -0.2) is 60.9 Å². The number of furan rings is 1. The Labute approximate surface area is 157 Å². The number of carbonyl (C=O) groups excluding carboxylic acids is 2. The Kier molecular flexibility index (Phi) is 6.59. The number of carbonyl (C=O) groups is 2. The summed E-state index contributed by atoms with van der Waals surface area (Å²) < 4.78 is 18.0. The van der Waals surface area contributed by atoms with Gasteiger partial charge in [-0.15, -0.1) is 0 Å². The predicted octanol–water partition coefficient (Wildman–Crippen LogP) is 1.93. The monoisotopic (exact) mass is 373 g/mol. The molecule has 1 aliphatic heterocycles. The lowest BCUT2D eigenvalue weighted by Crippen LogP contribution is -2.49. The van der Waals surface area contributed by atoms with Crippen LogP contribution in [0.25, 0.3) is 0 Å². The van der Waals surface area contributed by atoms with Gasteiger partial charge in [-0.3, -0.25) is 14.5 Å². The Bertz CT molecular complexity index is 738. The van der Waals surface area contributed by atoms with Gasteiger partial charge >= 0.3 is 0 Å². The van der Waals surface area contributed by atoms with Gasteiger partial charge in [-0.05, 0) is 36.2 Å². The molecule has 0 saturated carbocycles. The largest absolute Gasteiger partial charge is 0.459 e. The molecule has 144 valence electrons. The van der Waals surface area contributed by atoms with Crippen LogP contribution in [0.1, 0.15) is 22.5 Å². The van der Waals surface area contributed by atoms with E-state index >= 15 is 0 Å². The molecule has 1 aliphatic rings. The average Bonchev–Trinajstić information content (AvgIpc) is 3.22. The van der Waals surface area contributed by atoms with Gasteiger partial charge in [0.25, 0.3) is 5.91 Å². The molecular formula is C20H24FN3O3. The Hall–Kier alpha value is -2.67. The quantitative estimate of drug-likeness (QED) is 0.805. The first-order valence-corrected chi connectivity index (χ1v) is 9.18. The summed E-state index contributed by atoms with van der Waals surface area (Å²) in [6.07, 6.45) is 2.60. The zero-order chi connectivity index (χ0) is 19.1. The summed E-state index contributed by atoms with van der Waals surface area (Å²) in [4.78, 5) is 28.2. The van der Waals surface area contributed by atoms with Gasteiger partial charge in [-0.1, -0.05) is 12.1 Å². The molecule has 2 amide bonds. The number of benzene rings is 1. The third-order valence-electron chi connectivity index (χ3n) is 4.70. The Balaban J connectivity index is 1.31. The van der Waals surface area contributed by atoms with Crippen molar-refractivity contribution in [2.75, 3.05) is 39.3 Å². The van der Waals surface area contributed by atoms with E-state index in [-0.39, 0.29) is 17.6 Å². The molecule has 0 radical (unpaired) electrons. The van der Waals surface area contributed by atoms with Crippen LogP contribution in [0.3, 0.4) is 0 Å². The van der Waals surface area contributed by atoms with Gasteiger partial charge in [0.1, 0.15) is 5.82 Å². The van der Waals surface area contributed by atoms with Crippen molar-refractivity contribution in [2.45, 2.75) is 12.8 Å². The van der Waals surface area contributed by atoms with Crippen LogP contribution in [0.5, 0.6) is 0 Å². The number of amides is 2. The van der Waals surface area contributed by atoms with Crippen LogP contribution in [-0.2, 0) is 11.2 Å². The van der Waals surface area contributed by atoms with Crippen molar-refractivity contribution in [3.63, 3.8) is 0 Å². The first kappa shape index (κ1) is 19.1. The van der Waals surface area contributed by atoms with Gasteiger partial charge in [0, 0.05) is 45.7 Å². The summed E-state index contributed by atoms with van der Waals surface area (Å²) in [5.41, 5.74) is 0.994. The Morgan fingerprint density at radius 1 is 1.07 bits per heavy atom. The van der Waals surface area contributed by atoms with Crippen LogP contribution in [0.4, 0.5) is 4.39 Å². The third-order valence-corrected chi connectivity index (χ3v) is 4.70. The minimum absolute atomic E-state index is 0.00574. The molecule has 0 aliphatic carbocycles. The molecule has 0 bridgehead atoms. The number of nitrogens with one attached hydrogen (secondary N) is 1. The van der Waals surface area contributed by atoms with Gasteiger partial charge < -0.3 is 14.6 Å². The minimum Gasteiger partial charge on any atom is -0.459 e. The smallest absolute Gasteiger partial charge is 0.289 e. The van der Waals surface area contributed by atoms with Crippen molar-refractivity contribution < 1.29 is 18.4 Å². The van der Waals surface area contributed by atoms with Crippen molar-refractivity contribution in [3.05, 3.63) is 59.8 Å². The van der Waals surface area contributed by atoms with E-state index in [0.29, 0.717) is 44.8 Å². The van der Waals surface area contributed by atoms with E-state index in [2.05, 4.69) is 10.2 Å². The van der Waals surface area contributed by atoms with E-state index in [1.807, 2.05) is 0 Å². The maximum absolute atomic E-state index is 12.9. The summed E-state index contributed by atoms with van der Waals surface area (Å²) in [5, 5.41) is 2.89. The van der Waals surface area contributed by atoms with E-state index in [4.69, 9.17) is 4.42 Å². The molecule has 1 fully saturated rings. The number of nitrogens with zero attached hydrogens (tertiary/aromatic N) is 2. The van der Waals surface area contributed by atoms with E-state index in [0.717, 1.165) is 18.7 Å². The highest BCUT2D eigenvalue weighted by Crippen LogP contribution is 2.09. The Morgan fingerprint density at radius 3 is 2.48 bits per heavy atom. The summed E-state index contributed by atoms with van der Waals surface area (Å²) in [6.45, 7) is 3.96. The second-order valence-corrected chi connectivity index (χ2v) is 6.59. The normalized spacial score (nSPS) is 14.9. The number of rotatable bonds is 7. The van der Waals surface area contributed by atoms with Crippen molar-refractivity contribution >= 4 is 11.8 Å². The van der Waals surface area contributed by atoms with Crippen LogP contribution in [0.2, 0.25) is 0 Å². The topological polar surface area (TPSA) is 65.8 Å². The number of halogens is 1. The van der Waals surface area contributed by atoms with Gasteiger partial charge in [0.05, 0.1) is 6.26 Å². The molecule has 2 heterocycles. The van der Waals surface area contributed by atoms with Crippen LogP contribution >= 0.6 is 0 Å². The van der Waals surface area contributed by atoms with Gasteiger partial charge in [-0.25, -0.2) is 4.39 Å². The molecule has 0 spiro atoms. The van der Waals surface area contributed by atoms with E-state index in [1.54, 1.807) is 29.2 Å². The predicted molar refractivity (Wildman–Crippen MR) is 98.8 cm³/mol. The third kappa shape index (κ3) is 5.65. The fourth-order valence-electron chi connectivity index (χ4n) is 3.08. The van der Waals surface area contributed by atoms with Gasteiger partial charge in [0.2, 0.25) is 5.91 Å². The van der Waals surface area contributed by atoms with Crippen LogP contribution < -0.4 is 5.32 Å². The molecule has 1 aromatic carbocycles. The first-order valence-electron chi connectivity index (χ1n) is 9.18. The van der Waals surface area contributed by atoms with Crippen molar-refractivity contribution in [1.29, 1.82) is 0 Å². The van der Waals surface area contributed by atoms with Gasteiger partial charge in [-0.2, -0.15) is 0 Å². The summed E-state index contributed by atoms with van der Waals surface area (Å²) in [5.74, 6) is 0.0297. The molecular weight excluding hydrogens is 349 g/mol. The molecule has 6 nitrogen and oxygen atoms in total. The molecule has 7 heteroatoms. The molecule has 1 aromatic heterocycles. The molecule has 0 atom stereocenters. The Morgan fingerprint density at radius 2 is 1.81 bits per heavy atom. The summed E-state index contributed by atoms with van der Waals surface area (Å²) in [6, 6.07) is 9.68. The zero-order valence-electron chi connectivity index (χ0n) is 15.2. The minimum atomic E-state index is -0.256. The molecule has 2 aromatic rings. The van der Waals surface area contributed by atoms with E-state index < -0.39 is 0 Å². The van der Waals surface area contributed by atoms with Crippen molar-refractivity contribution in [3.8, 4) is 0 Å². The lowest BCUT2D eigenvalue weighted by Gasteiger charge is -2.34. The number of piperazine rings is 1. The number of hydrogen-bond donors (Lipinski definition) is 1. The van der Waals surface area contributed by atoms with Crippen molar-refractivity contribution in [1.82, 2.24) is 15.1 Å². The standard InChI is InChI=1S/C20H24FN3O3/c21-17-5-3-16(4-6-17)7-9-22-19(25)8-10-23-11-13-24(14-12-23)20(26)18-2-1-15-27-18/h1-6,15H,7-14H2,(H,22,25). The zero-order valence-corrected chi connectivity index (χ0v) is 15.2. The fraction of sp³-hybridized carbons (Fsp3) is 0.400. The highest BCUT2D eigenvalue weighted by molar-refractivity contribution is 5.91. The lowest BCUT2D eigenvalue weighted by molar-refractivity contribution is -0.121. The summed E-state index contributed by atoms with van der Waals surface area (Å²) in [7, 11) is 0. The van der Waals surface area contributed by atoms with E-state index in [9.17, 15) is 14.0 Å². The van der Waals surface area contributed by atoms with Gasteiger partial charge in [0.15, 0.2) is 5.76 Å². The molecule has 1 saturated heterocycles. The SMILES string of the molecule is O=C(CCN1CCN(C(=O)c2ccco2)CC1)NCCc1ccc(F)cc1. The first-order chi connectivity index (χ1) is 13.1. The molecule has 1 N–H and O–H groups in total.